The molecule has 1 aliphatic carbocycles. The van der Waals surface area contributed by atoms with E-state index in [0.717, 1.165) is 12.1 Å². The van der Waals surface area contributed by atoms with Gasteiger partial charge in [0.2, 0.25) is 0 Å². The van der Waals surface area contributed by atoms with E-state index in [2.05, 4.69) is 23.7 Å². The van der Waals surface area contributed by atoms with Crippen molar-refractivity contribution in [1.29, 1.82) is 0 Å². The fourth-order valence-electron chi connectivity index (χ4n) is 3.04. The summed E-state index contributed by atoms with van der Waals surface area (Å²) in [5, 5.41) is 3.06. The second-order valence-corrected chi connectivity index (χ2v) is 5.97. The molecule has 0 aliphatic heterocycles. The zero-order valence-electron chi connectivity index (χ0n) is 13.8. The largest absolute Gasteiger partial charge is 0.372 e. The number of benzene rings is 1. The van der Waals surface area contributed by atoms with E-state index in [4.69, 9.17) is 4.74 Å². The molecule has 1 aliphatic rings. The molecule has 2 atom stereocenters. The Morgan fingerprint density at radius 2 is 2.09 bits per heavy atom. The highest BCUT2D eigenvalue weighted by Crippen LogP contribution is 2.30. The van der Waals surface area contributed by atoms with Crippen LogP contribution in [-0.4, -0.2) is 26.2 Å². The number of ether oxygens (including phenoxy) is 1. The van der Waals surface area contributed by atoms with Crippen molar-refractivity contribution in [3.05, 3.63) is 48.0 Å². The molecule has 0 spiro atoms. The van der Waals surface area contributed by atoms with E-state index < -0.39 is 0 Å². The van der Waals surface area contributed by atoms with E-state index in [1.165, 1.54) is 25.7 Å². The molecule has 1 aromatic carbocycles. The van der Waals surface area contributed by atoms with Gasteiger partial charge in [-0.25, -0.2) is 0 Å². The number of nitrogens with one attached hydrogen (secondary N) is 1. The van der Waals surface area contributed by atoms with Crippen LogP contribution in [0.4, 0.5) is 0 Å². The minimum Gasteiger partial charge on any atom is -0.372 e. The van der Waals surface area contributed by atoms with Crippen molar-refractivity contribution in [2.24, 2.45) is 11.8 Å². The summed E-state index contributed by atoms with van der Waals surface area (Å²) < 4.78 is 4.89. The van der Waals surface area contributed by atoms with Crippen LogP contribution in [0.15, 0.2) is 36.9 Å². The molecule has 0 unspecified atom stereocenters. The van der Waals surface area contributed by atoms with Gasteiger partial charge in [0.05, 0.1) is 0 Å². The molecule has 0 saturated heterocycles. The van der Waals surface area contributed by atoms with Crippen molar-refractivity contribution in [3.8, 4) is 11.8 Å². The Morgan fingerprint density at radius 3 is 2.78 bits per heavy atom. The van der Waals surface area contributed by atoms with Gasteiger partial charge in [0.1, 0.15) is 6.61 Å². The number of carbonyl (C=O) groups excluding carboxylic acids is 1. The predicted molar refractivity (Wildman–Crippen MR) is 93.2 cm³/mol. The lowest BCUT2D eigenvalue weighted by Gasteiger charge is -2.29. The summed E-state index contributed by atoms with van der Waals surface area (Å²) in [7, 11) is 1.62. The average molecular weight is 311 g/mol. The molecule has 1 fully saturated rings. The first kappa shape index (κ1) is 17.3. The Bertz CT molecular complexity index is 580. The Balaban J connectivity index is 1.88. The maximum absolute atomic E-state index is 12.3. The van der Waals surface area contributed by atoms with Gasteiger partial charge in [-0.3, -0.25) is 4.79 Å². The van der Waals surface area contributed by atoms with Crippen LogP contribution in [0.5, 0.6) is 0 Å². The zero-order valence-corrected chi connectivity index (χ0v) is 13.8. The Hall–Kier alpha value is -2.05. The van der Waals surface area contributed by atoms with Crippen LogP contribution in [0, 0.1) is 23.7 Å². The third kappa shape index (κ3) is 5.26. The number of hydrogen-bond acceptors (Lipinski definition) is 2. The highest BCUT2D eigenvalue weighted by atomic mass is 16.5. The van der Waals surface area contributed by atoms with E-state index in [1.807, 2.05) is 30.3 Å². The lowest BCUT2D eigenvalue weighted by Crippen LogP contribution is -2.33. The number of methoxy groups -OCH3 is 1. The maximum atomic E-state index is 12.3. The molecule has 3 heteroatoms. The number of allylic oxidation sites excluding steroid dienone is 1. The van der Waals surface area contributed by atoms with Crippen molar-refractivity contribution >= 4 is 5.91 Å². The Morgan fingerprint density at radius 1 is 1.35 bits per heavy atom. The molecule has 1 aromatic rings. The molecular weight excluding hydrogens is 286 g/mol. The minimum atomic E-state index is -0.0187. The van der Waals surface area contributed by atoms with Crippen molar-refractivity contribution in [1.82, 2.24) is 5.32 Å². The third-order valence-corrected chi connectivity index (χ3v) is 4.39. The van der Waals surface area contributed by atoms with Crippen molar-refractivity contribution in [2.75, 3.05) is 20.3 Å². The van der Waals surface area contributed by atoms with Gasteiger partial charge in [-0.05, 0) is 48.9 Å². The number of amides is 1. The molecule has 0 aromatic heterocycles. The molecular formula is C20H25NO2. The fraction of sp³-hybridized carbons (Fsp3) is 0.450. The lowest BCUT2D eigenvalue weighted by atomic mass is 9.79. The zero-order chi connectivity index (χ0) is 16.5. The molecule has 1 saturated carbocycles. The highest BCUT2D eigenvalue weighted by Gasteiger charge is 2.23. The van der Waals surface area contributed by atoms with Crippen LogP contribution in [0.25, 0.3) is 0 Å². The quantitative estimate of drug-likeness (QED) is 0.668. The van der Waals surface area contributed by atoms with Crippen LogP contribution in [0.2, 0.25) is 0 Å². The van der Waals surface area contributed by atoms with Gasteiger partial charge >= 0.3 is 0 Å². The summed E-state index contributed by atoms with van der Waals surface area (Å²) >= 11 is 0. The monoisotopic (exact) mass is 311 g/mol. The Kier molecular flexibility index (Phi) is 6.90. The summed E-state index contributed by atoms with van der Waals surface area (Å²) in [5.41, 5.74) is 1.56. The van der Waals surface area contributed by atoms with Gasteiger partial charge in [0.25, 0.3) is 5.91 Å². The van der Waals surface area contributed by atoms with Gasteiger partial charge in [0, 0.05) is 24.8 Å². The first-order valence-corrected chi connectivity index (χ1v) is 8.23. The second-order valence-electron chi connectivity index (χ2n) is 5.97. The van der Waals surface area contributed by atoms with Gasteiger partial charge in [-0.15, -0.1) is 6.58 Å². The lowest BCUT2D eigenvalue weighted by molar-refractivity contribution is 0.0939. The van der Waals surface area contributed by atoms with Crippen LogP contribution in [-0.2, 0) is 4.74 Å². The summed E-state index contributed by atoms with van der Waals surface area (Å²) in [6, 6.07) is 7.37. The molecule has 3 nitrogen and oxygen atoms in total. The third-order valence-electron chi connectivity index (χ3n) is 4.39. The molecule has 0 bridgehead atoms. The molecule has 23 heavy (non-hydrogen) atoms. The van der Waals surface area contributed by atoms with Crippen molar-refractivity contribution in [3.63, 3.8) is 0 Å². The Labute approximate surface area is 139 Å². The first-order valence-electron chi connectivity index (χ1n) is 8.23. The van der Waals surface area contributed by atoms with Crippen LogP contribution < -0.4 is 5.32 Å². The highest BCUT2D eigenvalue weighted by molar-refractivity contribution is 5.94. The van der Waals surface area contributed by atoms with Gasteiger partial charge in [-0.2, -0.15) is 0 Å². The second kappa shape index (κ2) is 9.17. The summed E-state index contributed by atoms with van der Waals surface area (Å²) in [6.07, 6.45) is 6.93. The smallest absolute Gasteiger partial charge is 0.251 e. The summed E-state index contributed by atoms with van der Waals surface area (Å²) in [5.74, 6) is 6.92. The van der Waals surface area contributed by atoms with Crippen molar-refractivity contribution in [2.45, 2.75) is 25.7 Å². The minimum absolute atomic E-state index is 0.0187. The van der Waals surface area contributed by atoms with E-state index in [0.29, 0.717) is 24.0 Å². The molecule has 1 amide bonds. The van der Waals surface area contributed by atoms with E-state index in [1.54, 1.807) is 7.11 Å². The molecule has 0 radical (unpaired) electrons. The normalized spacial score (nSPS) is 20.2. The number of carbonyl (C=O) groups is 1. The summed E-state index contributed by atoms with van der Waals surface area (Å²) in [6.45, 7) is 5.06. The van der Waals surface area contributed by atoms with Crippen LogP contribution in [0.3, 0.4) is 0 Å². The van der Waals surface area contributed by atoms with Crippen molar-refractivity contribution < 1.29 is 9.53 Å². The number of rotatable bonds is 5. The molecule has 1 N–H and O–H groups in total. The van der Waals surface area contributed by atoms with Crippen LogP contribution >= 0.6 is 0 Å². The average Bonchev–Trinajstić information content (AvgIpc) is 2.60. The molecule has 2 rings (SSSR count). The van der Waals surface area contributed by atoms with E-state index >= 15 is 0 Å². The standard InChI is InChI=1S/C20H25NO2/c1-3-17-8-4-5-9-19(17)15-21-20(22)18-12-10-16(11-13-18)7-6-14-23-2/h3,10-13,17,19H,1,4-5,8-9,14-15H2,2H3,(H,21,22)/t17-,19+/m1/s1. The fourth-order valence-corrected chi connectivity index (χ4v) is 3.04. The van der Waals surface area contributed by atoms with Gasteiger partial charge in [-0.1, -0.05) is 30.8 Å². The first-order chi connectivity index (χ1) is 11.2. The molecule has 0 heterocycles. The van der Waals surface area contributed by atoms with Gasteiger partial charge < -0.3 is 10.1 Å². The van der Waals surface area contributed by atoms with Gasteiger partial charge in [0.15, 0.2) is 0 Å². The topological polar surface area (TPSA) is 38.3 Å². The number of hydrogen-bond donors (Lipinski definition) is 1. The SMILES string of the molecule is C=C[C@@H]1CCCC[C@H]1CNC(=O)c1ccc(C#CCOC)cc1. The van der Waals surface area contributed by atoms with Crippen LogP contribution in [0.1, 0.15) is 41.6 Å². The summed E-state index contributed by atoms with van der Waals surface area (Å²) in [4.78, 5) is 12.3. The predicted octanol–water partition coefficient (Wildman–Crippen LogP) is 3.41. The van der Waals surface area contributed by atoms with E-state index in [9.17, 15) is 4.79 Å². The van der Waals surface area contributed by atoms with E-state index in [-0.39, 0.29) is 5.91 Å². The molecule has 122 valence electrons. The maximum Gasteiger partial charge on any atom is 0.251 e.